The van der Waals surface area contributed by atoms with E-state index in [0.717, 1.165) is 33.9 Å². The van der Waals surface area contributed by atoms with Crippen LogP contribution in [0, 0.1) is 0 Å². The van der Waals surface area contributed by atoms with Gasteiger partial charge in [0.05, 0.1) is 5.56 Å². The van der Waals surface area contributed by atoms with Crippen molar-refractivity contribution in [1.82, 2.24) is 20.2 Å². The summed E-state index contributed by atoms with van der Waals surface area (Å²) in [4.78, 5) is 15.8. The maximum atomic E-state index is 12.9. The fraction of sp³-hybridized carbons (Fsp3) is 0.273. The Bertz CT molecular complexity index is 1180. The van der Waals surface area contributed by atoms with E-state index < -0.39 is 11.7 Å². The topological polar surface area (TPSA) is 63.9 Å². The Balaban J connectivity index is 1.54. The summed E-state index contributed by atoms with van der Waals surface area (Å²) in [5, 5.41) is 11.7. The molecule has 0 aliphatic carbocycles. The number of nitrogens with zero attached hydrogens (tertiary/aromatic N) is 5. The van der Waals surface area contributed by atoms with Gasteiger partial charge in [-0.05, 0) is 29.0 Å². The van der Waals surface area contributed by atoms with Crippen LogP contribution in [0.4, 0.5) is 18.9 Å². The van der Waals surface area contributed by atoms with Crippen molar-refractivity contribution in [3.8, 4) is 11.4 Å². The number of aromatic nitrogens is 4. The van der Waals surface area contributed by atoms with E-state index in [9.17, 15) is 18.0 Å². The minimum absolute atomic E-state index is 0.0253. The second-order valence-electron chi connectivity index (χ2n) is 7.92. The van der Waals surface area contributed by atoms with E-state index >= 15 is 0 Å². The van der Waals surface area contributed by atoms with Gasteiger partial charge < -0.3 is 4.90 Å². The zero-order valence-corrected chi connectivity index (χ0v) is 17.2. The van der Waals surface area contributed by atoms with Gasteiger partial charge in [0.15, 0.2) is 5.78 Å². The van der Waals surface area contributed by atoms with E-state index in [2.05, 4.69) is 15.4 Å². The molecule has 0 unspecified atom stereocenters. The minimum atomic E-state index is -4.47. The first-order valence-electron chi connectivity index (χ1n) is 9.61. The van der Waals surface area contributed by atoms with Gasteiger partial charge >= 0.3 is 6.18 Å². The number of allylic oxidation sites excluding steroid dienone is 2. The van der Waals surface area contributed by atoms with Gasteiger partial charge in [0.2, 0.25) is 5.82 Å². The first kappa shape index (κ1) is 20.8. The SMILES string of the molecule is CN1/C(=C\C(=O)Cn2nnc(-c3cccc(C(F)(F)F)c3)n2)C(C)(C)c2ccccc21. The Morgan fingerprint density at radius 2 is 1.87 bits per heavy atom. The fourth-order valence-corrected chi connectivity index (χ4v) is 3.86. The number of hydrogen-bond acceptors (Lipinski definition) is 5. The maximum Gasteiger partial charge on any atom is 0.416 e. The Hall–Kier alpha value is -3.49. The predicted octanol–water partition coefficient (Wildman–Crippen LogP) is 4.24. The highest BCUT2D eigenvalue weighted by Crippen LogP contribution is 2.46. The summed E-state index contributed by atoms with van der Waals surface area (Å²) in [5.41, 5.74) is 2.05. The van der Waals surface area contributed by atoms with Crippen LogP contribution in [-0.4, -0.2) is 33.0 Å². The molecule has 0 bridgehead atoms. The van der Waals surface area contributed by atoms with Gasteiger partial charge in [-0.15, -0.1) is 10.2 Å². The molecule has 6 nitrogen and oxygen atoms in total. The van der Waals surface area contributed by atoms with Crippen molar-refractivity contribution >= 4 is 11.5 Å². The number of para-hydroxylation sites is 1. The lowest BCUT2D eigenvalue weighted by Crippen LogP contribution is -2.25. The quantitative estimate of drug-likeness (QED) is 0.583. The van der Waals surface area contributed by atoms with Gasteiger partial charge in [0.1, 0.15) is 6.54 Å². The summed E-state index contributed by atoms with van der Waals surface area (Å²) in [7, 11) is 1.91. The van der Waals surface area contributed by atoms with Gasteiger partial charge in [0, 0.05) is 35.5 Å². The van der Waals surface area contributed by atoms with E-state index in [0.29, 0.717) is 0 Å². The summed E-state index contributed by atoms with van der Waals surface area (Å²) in [6.07, 6.45) is -2.90. The van der Waals surface area contributed by atoms with E-state index in [1.165, 1.54) is 12.1 Å². The fourth-order valence-electron chi connectivity index (χ4n) is 3.86. The van der Waals surface area contributed by atoms with Crippen LogP contribution < -0.4 is 4.90 Å². The maximum absolute atomic E-state index is 12.9. The second-order valence-corrected chi connectivity index (χ2v) is 7.92. The number of benzene rings is 2. The summed E-state index contributed by atoms with van der Waals surface area (Å²) >= 11 is 0. The summed E-state index contributed by atoms with van der Waals surface area (Å²) in [6, 6.07) is 12.6. The summed E-state index contributed by atoms with van der Waals surface area (Å²) < 4.78 is 38.8. The molecule has 0 saturated heterocycles. The van der Waals surface area contributed by atoms with Crippen LogP contribution in [0.25, 0.3) is 11.4 Å². The standard InChI is InChI=1S/C22H20F3N5O/c1-21(2)17-9-4-5-10-18(17)29(3)19(21)12-16(31)13-30-27-20(26-28-30)14-7-6-8-15(11-14)22(23,24)25/h4-12H,13H2,1-3H3/b19-12-. The zero-order chi connectivity index (χ0) is 22.4. The molecule has 3 aromatic rings. The van der Waals surface area contributed by atoms with Crippen molar-refractivity contribution in [2.45, 2.75) is 32.0 Å². The molecular formula is C22H20F3N5O. The monoisotopic (exact) mass is 427 g/mol. The number of fused-ring (bicyclic) bond motifs is 1. The number of alkyl halides is 3. The highest BCUT2D eigenvalue weighted by molar-refractivity contribution is 5.92. The van der Waals surface area contributed by atoms with Gasteiger partial charge in [-0.25, -0.2) is 0 Å². The van der Waals surface area contributed by atoms with Gasteiger partial charge in [0.25, 0.3) is 0 Å². The number of likely N-dealkylation sites (N-methyl/N-ethyl adjacent to an activating group) is 1. The number of rotatable bonds is 4. The molecule has 2 aromatic carbocycles. The molecule has 1 aliphatic rings. The molecule has 0 amide bonds. The molecule has 9 heteroatoms. The Kier molecular flexibility index (Phi) is 4.91. The average Bonchev–Trinajstić information content (AvgIpc) is 3.25. The number of halogens is 3. The molecule has 0 atom stereocenters. The molecule has 4 rings (SSSR count). The van der Waals surface area contributed by atoms with E-state index in [4.69, 9.17) is 0 Å². The third kappa shape index (κ3) is 3.83. The van der Waals surface area contributed by atoms with Crippen LogP contribution in [0.15, 0.2) is 60.3 Å². The van der Waals surface area contributed by atoms with Crippen molar-refractivity contribution in [3.05, 3.63) is 71.4 Å². The van der Waals surface area contributed by atoms with Crippen LogP contribution >= 0.6 is 0 Å². The molecule has 0 fully saturated rings. The third-order valence-corrected chi connectivity index (χ3v) is 5.44. The van der Waals surface area contributed by atoms with Crippen LogP contribution in [0.3, 0.4) is 0 Å². The van der Waals surface area contributed by atoms with Crippen LogP contribution in [0.2, 0.25) is 0 Å². The van der Waals surface area contributed by atoms with Crippen molar-refractivity contribution in [1.29, 1.82) is 0 Å². The molecule has 0 saturated carbocycles. The van der Waals surface area contributed by atoms with Crippen molar-refractivity contribution < 1.29 is 18.0 Å². The Morgan fingerprint density at radius 1 is 1.13 bits per heavy atom. The lowest BCUT2D eigenvalue weighted by Gasteiger charge is -2.23. The van der Waals surface area contributed by atoms with Crippen LogP contribution in [0.5, 0.6) is 0 Å². The minimum Gasteiger partial charge on any atom is -0.347 e. The summed E-state index contributed by atoms with van der Waals surface area (Å²) in [6.45, 7) is 3.93. The highest BCUT2D eigenvalue weighted by Gasteiger charge is 2.38. The van der Waals surface area contributed by atoms with Crippen molar-refractivity contribution in [2.24, 2.45) is 0 Å². The van der Waals surface area contributed by atoms with Crippen LogP contribution in [-0.2, 0) is 22.9 Å². The smallest absolute Gasteiger partial charge is 0.347 e. The molecule has 0 spiro atoms. The number of tetrazole rings is 1. The lowest BCUT2D eigenvalue weighted by atomic mass is 9.83. The first-order chi connectivity index (χ1) is 14.6. The highest BCUT2D eigenvalue weighted by atomic mass is 19.4. The van der Waals surface area contributed by atoms with E-state index in [-0.39, 0.29) is 29.1 Å². The molecule has 31 heavy (non-hydrogen) atoms. The molecule has 0 N–H and O–H groups in total. The van der Waals surface area contributed by atoms with Gasteiger partial charge in [-0.2, -0.15) is 18.0 Å². The largest absolute Gasteiger partial charge is 0.416 e. The van der Waals surface area contributed by atoms with Gasteiger partial charge in [-0.1, -0.05) is 44.2 Å². The number of hydrogen-bond donors (Lipinski definition) is 0. The average molecular weight is 427 g/mol. The number of carbonyl (C=O) groups is 1. The van der Waals surface area contributed by atoms with Crippen molar-refractivity contribution in [3.63, 3.8) is 0 Å². The molecule has 0 radical (unpaired) electrons. The summed E-state index contributed by atoms with van der Waals surface area (Å²) in [5.74, 6) is -0.215. The Morgan fingerprint density at radius 3 is 2.58 bits per heavy atom. The predicted molar refractivity (Wildman–Crippen MR) is 109 cm³/mol. The normalized spacial score (nSPS) is 16.6. The molecule has 160 valence electrons. The molecular weight excluding hydrogens is 407 g/mol. The third-order valence-electron chi connectivity index (χ3n) is 5.44. The zero-order valence-electron chi connectivity index (χ0n) is 17.2. The second kappa shape index (κ2) is 7.33. The molecule has 2 heterocycles. The van der Waals surface area contributed by atoms with Gasteiger partial charge in [-0.3, -0.25) is 4.79 Å². The molecule has 1 aliphatic heterocycles. The first-order valence-corrected chi connectivity index (χ1v) is 9.61. The van der Waals surface area contributed by atoms with E-state index in [1.807, 2.05) is 50.1 Å². The van der Waals surface area contributed by atoms with Crippen LogP contribution in [0.1, 0.15) is 25.0 Å². The Labute approximate surface area is 177 Å². The van der Waals surface area contributed by atoms with Crippen molar-refractivity contribution in [2.75, 3.05) is 11.9 Å². The number of ketones is 1. The lowest BCUT2D eigenvalue weighted by molar-refractivity contribution is -0.137. The van der Waals surface area contributed by atoms with E-state index in [1.54, 1.807) is 6.08 Å². The number of carbonyl (C=O) groups excluding carboxylic acids is 1. The number of anilines is 1. The molecule has 1 aromatic heterocycles.